The standard InChI is InChI=1S/C12H17N9/c13-20-11-17-10(15-7-9-3-4-14-8-16-9)18-12(19-11)21-5-1-2-6-21/h3-4,8H,1-2,5-7,13H2,(H2,15,17,18,19,20). The van der Waals surface area contributed by atoms with Gasteiger partial charge in [-0.2, -0.15) is 15.0 Å². The maximum absolute atomic E-state index is 5.42. The van der Waals surface area contributed by atoms with E-state index in [4.69, 9.17) is 5.84 Å². The molecule has 9 heteroatoms. The monoisotopic (exact) mass is 287 g/mol. The number of nitrogens with zero attached hydrogens (tertiary/aromatic N) is 6. The fourth-order valence-electron chi connectivity index (χ4n) is 2.16. The van der Waals surface area contributed by atoms with Crippen LogP contribution < -0.4 is 21.5 Å². The highest BCUT2D eigenvalue weighted by molar-refractivity contribution is 5.43. The lowest BCUT2D eigenvalue weighted by atomic mass is 10.4. The molecule has 110 valence electrons. The van der Waals surface area contributed by atoms with Crippen LogP contribution in [0.25, 0.3) is 0 Å². The van der Waals surface area contributed by atoms with Gasteiger partial charge in [-0.25, -0.2) is 15.8 Å². The Hall–Kier alpha value is -2.55. The summed E-state index contributed by atoms with van der Waals surface area (Å²) in [6.07, 6.45) is 5.51. The molecule has 0 spiro atoms. The molecule has 4 N–H and O–H groups in total. The first-order valence-corrected chi connectivity index (χ1v) is 6.81. The van der Waals surface area contributed by atoms with E-state index in [1.54, 1.807) is 6.20 Å². The number of aromatic nitrogens is 5. The number of anilines is 3. The molecule has 9 nitrogen and oxygen atoms in total. The normalized spacial score (nSPS) is 14.2. The average Bonchev–Trinajstić information content (AvgIpc) is 3.08. The Morgan fingerprint density at radius 3 is 2.67 bits per heavy atom. The van der Waals surface area contributed by atoms with Crippen LogP contribution in [0.3, 0.4) is 0 Å². The molecule has 3 heterocycles. The van der Waals surface area contributed by atoms with Crippen molar-refractivity contribution in [1.29, 1.82) is 0 Å². The van der Waals surface area contributed by atoms with E-state index < -0.39 is 0 Å². The predicted octanol–water partition coefficient (Wildman–Crippen LogP) is 0.159. The molecular formula is C12H17N9. The van der Waals surface area contributed by atoms with Crippen LogP contribution in [0.15, 0.2) is 18.6 Å². The molecule has 3 rings (SSSR count). The third-order valence-electron chi connectivity index (χ3n) is 3.21. The minimum atomic E-state index is 0.345. The van der Waals surface area contributed by atoms with E-state index in [0.717, 1.165) is 31.6 Å². The molecular weight excluding hydrogens is 270 g/mol. The largest absolute Gasteiger partial charge is 0.348 e. The van der Waals surface area contributed by atoms with Crippen molar-refractivity contribution in [2.75, 3.05) is 28.7 Å². The summed E-state index contributed by atoms with van der Waals surface area (Å²) in [5, 5.41) is 3.12. The van der Waals surface area contributed by atoms with Gasteiger partial charge in [-0.3, -0.25) is 5.43 Å². The molecule has 0 aromatic carbocycles. The summed E-state index contributed by atoms with van der Waals surface area (Å²) >= 11 is 0. The molecule has 0 bridgehead atoms. The van der Waals surface area contributed by atoms with Crippen molar-refractivity contribution in [3.8, 4) is 0 Å². The molecule has 0 atom stereocenters. The molecule has 0 unspecified atom stereocenters. The fraction of sp³-hybridized carbons (Fsp3) is 0.417. The molecule has 0 amide bonds. The first-order chi connectivity index (χ1) is 10.3. The van der Waals surface area contributed by atoms with Crippen molar-refractivity contribution in [3.63, 3.8) is 0 Å². The second kappa shape index (κ2) is 6.27. The van der Waals surface area contributed by atoms with E-state index in [9.17, 15) is 0 Å². The van der Waals surface area contributed by atoms with Gasteiger partial charge in [0.25, 0.3) is 0 Å². The molecule has 0 radical (unpaired) electrons. The van der Waals surface area contributed by atoms with Crippen LogP contribution >= 0.6 is 0 Å². The zero-order chi connectivity index (χ0) is 14.5. The molecule has 0 aliphatic carbocycles. The summed E-state index contributed by atoms with van der Waals surface area (Å²) < 4.78 is 0. The first kappa shape index (κ1) is 13.4. The van der Waals surface area contributed by atoms with Crippen LogP contribution in [0.1, 0.15) is 18.5 Å². The molecule has 0 saturated carbocycles. The number of nitrogens with two attached hydrogens (primary N) is 1. The lowest BCUT2D eigenvalue weighted by Crippen LogP contribution is -2.23. The number of hydrogen-bond acceptors (Lipinski definition) is 9. The average molecular weight is 287 g/mol. The Morgan fingerprint density at radius 1 is 1.14 bits per heavy atom. The van der Waals surface area contributed by atoms with Crippen LogP contribution in [0.5, 0.6) is 0 Å². The third-order valence-corrected chi connectivity index (χ3v) is 3.21. The number of nitrogens with one attached hydrogen (secondary N) is 2. The number of hydrazine groups is 1. The Bertz CT molecular complexity index is 583. The van der Waals surface area contributed by atoms with Crippen molar-refractivity contribution in [1.82, 2.24) is 24.9 Å². The van der Waals surface area contributed by atoms with Crippen LogP contribution in [-0.4, -0.2) is 38.0 Å². The molecule has 1 saturated heterocycles. The van der Waals surface area contributed by atoms with Gasteiger partial charge in [0.1, 0.15) is 6.33 Å². The summed E-state index contributed by atoms with van der Waals surface area (Å²) in [4.78, 5) is 23.1. The van der Waals surface area contributed by atoms with Gasteiger partial charge in [0.2, 0.25) is 17.8 Å². The first-order valence-electron chi connectivity index (χ1n) is 6.81. The van der Waals surface area contributed by atoms with Crippen LogP contribution in [0, 0.1) is 0 Å². The van der Waals surface area contributed by atoms with Crippen LogP contribution in [0.2, 0.25) is 0 Å². The van der Waals surface area contributed by atoms with Gasteiger partial charge >= 0.3 is 0 Å². The van der Waals surface area contributed by atoms with Crippen LogP contribution in [-0.2, 0) is 6.54 Å². The predicted molar refractivity (Wildman–Crippen MR) is 78.4 cm³/mol. The maximum Gasteiger partial charge on any atom is 0.243 e. The highest BCUT2D eigenvalue weighted by Crippen LogP contribution is 2.18. The lowest BCUT2D eigenvalue weighted by molar-refractivity contribution is 0.873. The van der Waals surface area contributed by atoms with E-state index in [-0.39, 0.29) is 0 Å². The Morgan fingerprint density at radius 2 is 1.95 bits per heavy atom. The van der Waals surface area contributed by atoms with E-state index in [2.05, 4.69) is 40.6 Å². The number of rotatable bonds is 5. The molecule has 1 aliphatic heterocycles. The second-order valence-electron chi connectivity index (χ2n) is 4.68. The SMILES string of the molecule is NNc1nc(NCc2ccncn2)nc(N2CCCC2)n1. The van der Waals surface area contributed by atoms with Crippen molar-refractivity contribution in [2.45, 2.75) is 19.4 Å². The highest BCUT2D eigenvalue weighted by Gasteiger charge is 2.17. The van der Waals surface area contributed by atoms with E-state index in [0.29, 0.717) is 24.4 Å². The fourth-order valence-corrected chi connectivity index (χ4v) is 2.16. The molecule has 2 aromatic heterocycles. The Balaban J connectivity index is 1.75. The van der Waals surface area contributed by atoms with Gasteiger partial charge in [0.15, 0.2) is 0 Å². The van der Waals surface area contributed by atoms with Gasteiger partial charge in [-0.15, -0.1) is 0 Å². The van der Waals surface area contributed by atoms with Gasteiger partial charge in [-0.1, -0.05) is 0 Å². The third kappa shape index (κ3) is 3.31. The van der Waals surface area contributed by atoms with Crippen molar-refractivity contribution in [3.05, 3.63) is 24.3 Å². The van der Waals surface area contributed by atoms with Crippen LogP contribution in [0.4, 0.5) is 17.8 Å². The van der Waals surface area contributed by atoms with E-state index in [1.165, 1.54) is 6.33 Å². The van der Waals surface area contributed by atoms with Gasteiger partial charge < -0.3 is 10.2 Å². The van der Waals surface area contributed by atoms with E-state index in [1.807, 2.05) is 6.07 Å². The minimum Gasteiger partial charge on any atom is -0.348 e. The number of hydrogen-bond donors (Lipinski definition) is 3. The molecule has 2 aromatic rings. The zero-order valence-corrected chi connectivity index (χ0v) is 11.5. The summed E-state index contributed by atoms with van der Waals surface area (Å²) in [7, 11) is 0. The topological polar surface area (TPSA) is 118 Å². The molecule has 1 fully saturated rings. The summed E-state index contributed by atoms with van der Waals surface area (Å²) in [5.74, 6) is 6.88. The van der Waals surface area contributed by atoms with Gasteiger partial charge in [0, 0.05) is 19.3 Å². The Kier molecular flexibility index (Phi) is 4.01. The smallest absolute Gasteiger partial charge is 0.243 e. The van der Waals surface area contributed by atoms with E-state index >= 15 is 0 Å². The van der Waals surface area contributed by atoms with Crippen molar-refractivity contribution in [2.24, 2.45) is 5.84 Å². The summed E-state index contributed by atoms with van der Waals surface area (Å²) in [6, 6.07) is 1.83. The zero-order valence-electron chi connectivity index (χ0n) is 11.5. The quantitative estimate of drug-likeness (QED) is 0.522. The second-order valence-corrected chi connectivity index (χ2v) is 4.68. The molecule has 21 heavy (non-hydrogen) atoms. The lowest BCUT2D eigenvalue weighted by Gasteiger charge is -2.16. The number of nitrogen functional groups attached to an aromatic ring is 1. The summed E-state index contributed by atoms with van der Waals surface area (Å²) in [5.41, 5.74) is 3.33. The minimum absolute atomic E-state index is 0.345. The Labute approximate surface area is 122 Å². The van der Waals surface area contributed by atoms with Gasteiger partial charge in [0.05, 0.1) is 12.2 Å². The maximum atomic E-state index is 5.42. The van der Waals surface area contributed by atoms with Crippen molar-refractivity contribution < 1.29 is 0 Å². The van der Waals surface area contributed by atoms with Crippen molar-refractivity contribution >= 4 is 17.8 Å². The molecule has 1 aliphatic rings. The van der Waals surface area contributed by atoms with Gasteiger partial charge in [-0.05, 0) is 18.9 Å². The summed E-state index contributed by atoms with van der Waals surface area (Å²) in [6.45, 7) is 2.43. The highest BCUT2D eigenvalue weighted by atomic mass is 15.4.